The first-order valence-corrected chi connectivity index (χ1v) is 8.05. The van der Waals surface area contributed by atoms with Crippen LogP contribution in [0.15, 0.2) is 0 Å². The number of nitrogens with zero attached hydrogens (tertiary/aromatic N) is 2. The number of hydrogen-bond acceptors (Lipinski definition) is 4. The van der Waals surface area contributed by atoms with Gasteiger partial charge in [0, 0.05) is 18.6 Å². The van der Waals surface area contributed by atoms with E-state index < -0.39 is 0 Å². The van der Waals surface area contributed by atoms with Gasteiger partial charge in [-0.25, -0.2) is 0 Å². The molecule has 0 saturated heterocycles. The van der Waals surface area contributed by atoms with E-state index in [1.165, 1.54) is 19.3 Å². The van der Waals surface area contributed by atoms with E-state index in [1.807, 2.05) is 0 Å². The van der Waals surface area contributed by atoms with Crippen molar-refractivity contribution in [2.45, 2.75) is 76.1 Å². The fraction of sp³-hybridized carbons (Fsp3) is 0.938. The molecule has 2 aliphatic rings. The summed E-state index contributed by atoms with van der Waals surface area (Å²) in [5.74, 6) is 0. The van der Waals surface area contributed by atoms with Crippen molar-refractivity contribution < 1.29 is 4.74 Å². The van der Waals surface area contributed by atoms with Crippen molar-refractivity contribution in [2.24, 2.45) is 0 Å². The number of likely N-dealkylation sites (N-methyl/N-ethyl adjacent to an activating group) is 1. The highest BCUT2D eigenvalue weighted by molar-refractivity contribution is 5.13. The molecule has 0 heterocycles. The second kappa shape index (κ2) is 6.89. The minimum Gasteiger partial charge on any atom is -0.377 e. The van der Waals surface area contributed by atoms with Crippen LogP contribution in [0.2, 0.25) is 0 Å². The van der Waals surface area contributed by atoms with E-state index >= 15 is 0 Å². The molecule has 2 aliphatic carbocycles. The molecule has 4 nitrogen and oxygen atoms in total. The Bertz CT molecular complexity index is 348. The summed E-state index contributed by atoms with van der Waals surface area (Å²) >= 11 is 0. The van der Waals surface area contributed by atoms with Crippen LogP contribution in [0, 0.1) is 11.3 Å². The van der Waals surface area contributed by atoms with Crippen LogP contribution in [-0.4, -0.2) is 48.8 Å². The van der Waals surface area contributed by atoms with Crippen LogP contribution in [0.5, 0.6) is 0 Å². The molecule has 2 saturated carbocycles. The number of nitriles is 1. The fourth-order valence-electron chi connectivity index (χ4n) is 3.12. The van der Waals surface area contributed by atoms with Crippen LogP contribution >= 0.6 is 0 Å². The maximum atomic E-state index is 9.61. The third-order valence-electron chi connectivity index (χ3n) is 4.52. The summed E-state index contributed by atoms with van der Waals surface area (Å²) in [6.07, 6.45) is 7.09. The van der Waals surface area contributed by atoms with E-state index in [0.29, 0.717) is 18.2 Å². The van der Waals surface area contributed by atoms with E-state index in [4.69, 9.17) is 4.74 Å². The van der Waals surface area contributed by atoms with Crippen molar-refractivity contribution in [3.05, 3.63) is 0 Å². The van der Waals surface area contributed by atoms with Crippen LogP contribution in [0.1, 0.15) is 52.4 Å². The summed E-state index contributed by atoms with van der Waals surface area (Å²) in [6.45, 7) is 5.87. The predicted octanol–water partition coefficient (Wildman–Crippen LogP) is 2.30. The average molecular weight is 279 g/mol. The third-order valence-corrected chi connectivity index (χ3v) is 4.52. The zero-order chi connectivity index (χ0) is 14.6. The SMILES string of the molecule is CC(C)OCCN(C)C1CCCC(C#N)(NC2CC2)C1. The van der Waals surface area contributed by atoms with E-state index in [-0.39, 0.29) is 5.54 Å². The Morgan fingerprint density at radius 1 is 1.40 bits per heavy atom. The lowest BCUT2D eigenvalue weighted by atomic mass is 9.79. The number of rotatable bonds is 7. The first kappa shape index (κ1) is 15.8. The van der Waals surface area contributed by atoms with Gasteiger partial charge in [-0.05, 0) is 59.4 Å². The zero-order valence-corrected chi connectivity index (χ0v) is 13.2. The molecule has 2 fully saturated rings. The number of ether oxygens (including phenoxy) is 1. The highest BCUT2D eigenvalue weighted by Gasteiger charge is 2.41. The van der Waals surface area contributed by atoms with Crippen LogP contribution < -0.4 is 5.32 Å². The van der Waals surface area contributed by atoms with Gasteiger partial charge in [0.15, 0.2) is 0 Å². The molecule has 0 aromatic rings. The topological polar surface area (TPSA) is 48.3 Å². The summed E-state index contributed by atoms with van der Waals surface area (Å²) in [5.41, 5.74) is -0.281. The van der Waals surface area contributed by atoms with Gasteiger partial charge in [0.2, 0.25) is 0 Å². The maximum Gasteiger partial charge on any atom is 0.108 e. The largest absolute Gasteiger partial charge is 0.377 e. The first-order chi connectivity index (χ1) is 9.54. The normalized spacial score (nSPS) is 30.7. The molecule has 2 rings (SSSR count). The van der Waals surface area contributed by atoms with Crippen LogP contribution in [0.25, 0.3) is 0 Å². The van der Waals surface area contributed by atoms with E-state index in [1.54, 1.807) is 0 Å². The molecule has 0 aromatic carbocycles. The number of hydrogen-bond donors (Lipinski definition) is 1. The summed E-state index contributed by atoms with van der Waals surface area (Å²) in [5, 5.41) is 13.2. The van der Waals surface area contributed by atoms with Crippen LogP contribution in [0.4, 0.5) is 0 Å². The average Bonchev–Trinajstić information content (AvgIpc) is 3.22. The van der Waals surface area contributed by atoms with Crippen LogP contribution in [-0.2, 0) is 4.74 Å². The zero-order valence-electron chi connectivity index (χ0n) is 13.2. The van der Waals surface area contributed by atoms with E-state index in [2.05, 4.69) is 37.2 Å². The Labute approximate surface area is 123 Å². The lowest BCUT2D eigenvalue weighted by Crippen LogP contribution is -2.53. The van der Waals surface area contributed by atoms with Crippen molar-refractivity contribution in [3.8, 4) is 6.07 Å². The molecule has 4 heteroatoms. The molecule has 20 heavy (non-hydrogen) atoms. The molecular formula is C16H29N3O. The first-order valence-electron chi connectivity index (χ1n) is 8.05. The van der Waals surface area contributed by atoms with Gasteiger partial charge in [0.1, 0.15) is 5.54 Å². The smallest absolute Gasteiger partial charge is 0.108 e. The molecule has 0 aromatic heterocycles. The van der Waals surface area contributed by atoms with Gasteiger partial charge in [-0.2, -0.15) is 5.26 Å². The van der Waals surface area contributed by atoms with E-state index in [0.717, 1.165) is 32.4 Å². The van der Waals surface area contributed by atoms with E-state index in [9.17, 15) is 5.26 Å². The third kappa shape index (κ3) is 4.44. The molecular weight excluding hydrogens is 250 g/mol. The lowest BCUT2D eigenvalue weighted by molar-refractivity contribution is 0.0464. The van der Waals surface area contributed by atoms with Crippen molar-refractivity contribution in [2.75, 3.05) is 20.2 Å². The quantitative estimate of drug-likeness (QED) is 0.777. The molecule has 0 spiro atoms. The standard InChI is InChI=1S/C16H29N3O/c1-13(2)20-10-9-19(3)15-5-4-8-16(11-15,12-17)18-14-6-7-14/h13-15,18H,4-11H2,1-3H3. The Morgan fingerprint density at radius 3 is 2.75 bits per heavy atom. The number of nitrogens with one attached hydrogen (secondary N) is 1. The summed E-state index contributed by atoms with van der Waals surface area (Å²) < 4.78 is 5.63. The second-order valence-electron chi connectivity index (χ2n) is 6.76. The monoisotopic (exact) mass is 279 g/mol. The Hall–Kier alpha value is -0.630. The summed E-state index contributed by atoms with van der Waals surface area (Å²) in [7, 11) is 2.17. The molecule has 2 unspecified atom stereocenters. The predicted molar refractivity (Wildman–Crippen MR) is 80.5 cm³/mol. The van der Waals surface area contributed by atoms with Gasteiger partial charge in [-0.1, -0.05) is 0 Å². The van der Waals surface area contributed by atoms with Gasteiger partial charge in [0.25, 0.3) is 0 Å². The Balaban J connectivity index is 1.83. The molecule has 114 valence electrons. The highest BCUT2D eigenvalue weighted by Crippen LogP contribution is 2.34. The maximum absolute atomic E-state index is 9.61. The van der Waals surface area contributed by atoms with Crippen molar-refractivity contribution >= 4 is 0 Å². The van der Waals surface area contributed by atoms with Gasteiger partial charge in [-0.15, -0.1) is 0 Å². The molecule has 0 radical (unpaired) electrons. The molecule has 2 atom stereocenters. The van der Waals surface area contributed by atoms with Crippen molar-refractivity contribution in [1.29, 1.82) is 5.26 Å². The Morgan fingerprint density at radius 2 is 2.15 bits per heavy atom. The molecule has 1 N–H and O–H groups in total. The van der Waals surface area contributed by atoms with Crippen molar-refractivity contribution in [1.82, 2.24) is 10.2 Å². The van der Waals surface area contributed by atoms with Gasteiger partial charge < -0.3 is 9.64 Å². The molecule has 0 bridgehead atoms. The minimum absolute atomic E-state index is 0.281. The van der Waals surface area contributed by atoms with Gasteiger partial charge >= 0.3 is 0 Å². The minimum atomic E-state index is -0.281. The summed E-state index contributed by atoms with van der Waals surface area (Å²) in [4.78, 5) is 2.38. The lowest BCUT2D eigenvalue weighted by Gasteiger charge is -2.40. The Kier molecular flexibility index (Phi) is 5.42. The van der Waals surface area contributed by atoms with Crippen LogP contribution in [0.3, 0.4) is 0 Å². The van der Waals surface area contributed by atoms with Gasteiger partial charge in [-0.3, -0.25) is 5.32 Å². The highest BCUT2D eigenvalue weighted by atomic mass is 16.5. The fourth-order valence-corrected chi connectivity index (χ4v) is 3.12. The molecule has 0 aliphatic heterocycles. The van der Waals surface area contributed by atoms with Crippen molar-refractivity contribution in [3.63, 3.8) is 0 Å². The van der Waals surface area contributed by atoms with Gasteiger partial charge in [0.05, 0.1) is 18.8 Å². The summed E-state index contributed by atoms with van der Waals surface area (Å²) in [6, 6.07) is 3.68. The molecule has 0 amide bonds. The second-order valence-corrected chi connectivity index (χ2v) is 6.76.